The number of Topliss-reactive ketones (excluding diaryl/α,β-unsaturated/α-hetero) is 1. The Hall–Kier alpha value is -1.53. The molecule has 0 aliphatic carbocycles. The summed E-state index contributed by atoms with van der Waals surface area (Å²) in [7, 11) is 0. The molecule has 2 aromatic rings. The summed E-state index contributed by atoms with van der Waals surface area (Å²) in [6, 6.07) is 12.8. The molecule has 0 N–H and O–H groups in total. The maximum absolute atomic E-state index is 13.2. The fourth-order valence-electron chi connectivity index (χ4n) is 3.13. The summed E-state index contributed by atoms with van der Waals surface area (Å²) in [5, 5.41) is 0. The van der Waals surface area contributed by atoms with Gasteiger partial charge in [-0.3, -0.25) is 14.6 Å². The van der Waals surface area contributed by atoms with E-state index in [1.54, 1.807) is 12.1 Å². The number of rotatable bonds is 6. The molecule has 0 aromatic heterocycles. The first-order valence-electron chi connectivity index (χ1n) is 8.54. The van der Waals surface area contributed by atoms with Crippen LogP contribution in [0, 0.1) is 11.6 Å². The third kappa shape index (κ3) is 7.54. The molecule has 2 aromatic carbocycles. The molecule has 3 rings (SSSR count). The highest BCUT2D eigenvalue weighted by molar-refractivity contribution is 5.85. The first-order chi connectivity index (χ1) is 12.1. The molecule has 1 aliphatic heterocycles. The Morgan fingerprint density at radius 1 is 0.815 bits per heavy atom. The van der Waals surface area contributed by atoms with Gasteiger partial charge in [-0.05, 0) is 35.4 Å². The second kappa shape index (κ2) is 11.3. The largest absolute Gasteiger partial charge is 0.298 e. The van der Waals surface area contributed by atoms with E-state index in [1.807, 2.05) is 12.1 Å². The molecule has 1 fully saturated rings. The minimum absolute atomic E-state index is 0. The van der Waals surface area contributed by atoms with E-state index in [0.717, 1.165) is 43.9 Å². The van der Waals surface area contributed by atoms with Crippen molar-refractivity contribution < 1.29 is 13.6 Å². The van der Waals surface area contributed by atoms with Crippen molar-refractivity contribution in [1.82, 2.24) is 9.80 Å². The van der Waals surface area contributed by atoms with Crippen LogP contribution in [0.5, 0.6) is 0 Å². The summed E-state index contributed by atoms with van der Waals surface area (Å²) in [4.78, 5) is 16.6. The highest BCUT2D eigenvalue weighted by Crippen LogP contribution is 2.10. The average Bonchev–Trinajstić information content (AvgIpc) is 2.59. The van der Waals surface area contributed by atoms with Gasteiger partial charge in [0.2, 0.25) is 0 Å². The molecule has 27 heavy (non-hydrogen) atoms. The van der Waals surface area contributed by atoms with E-state index in [4.69, 9.17) is 0 Å². The quantitative estimate of drug-likeness (QED) is 0.716. The number of benzene rings is 2. The molecular weight excluding hydrogens is 393 g/mol. The van der Waals surface area contributed by atoms with Crippen molar-refractivity contribution in [2.24, 2.45) is 0 Å². The zero-order chi connectivity index (χ0) is 17.6. The van der Waals surface area contributed by atoms with E-state index < -0.39 is 0 Å². The maximum Gasteiger partial charge on any atom is 0.151 e. The molecule has 1 aliphatic rings. The summed E-state index contributed by atoms with van der Waals surface area (Å²) in [6.45, 7) is 4.62. The molecule has 7 heteroatoms. The molecule has 148 valence electrons. The van der Waals surface area contributed by atoms with Gasteiger partial charge in [0, 0.05) is 39.1 Å². The predicted molar refractivity (Wildman–Crippen MR) is 108 cm³/mol. The van der Waals surface area contributed by atoms with Crippen molar-refractivity contribution in [3.63, 3.8) is 0 Å². The summed E-state index contributed by atoms with van der Waals surface area (Å²) < 4.78 is 26.1. The lowest BCUT2D eigenvalue weighted by atomic mass is 10.1. The van der Waals surface area contributed by atoms with Crippen LogP contribution in [0.25, 0.3) is 0 Å². The summed E-state index contributed by atoms with van der Waals surface area (Å²) in [6.07, 6.45) is 0.271. The second-order valence-corrected chi connectivity index (χ2v) is 6.52. The number of piperazine rings is 1. The van der Waals surface area contributed by atoms with E-state index in [2.05, 4.69) is 9.80 Å². The summed E-state index contributed by atoms with van der Waals surface area (Å²) in [5.41, 5.74) is 1.82. The Bertz CT molecular complexity index is 720. The van der Waals surface area contributed by atoms with Crippen LogP contribution >= 0.6 is 24.8 Å². The molecule has 0 saturated carbocycles. The van der Waals surface area contributed by atoms with Gasteiger partial charge >= 0.3 is 0 Å². The minimum Gasteiger partial charge on any atom is -0.298 e. The molecule has 0 radical (unpaired) electrons. The smallest absolute Gasteiger partial charge is 0.151 e. The van der Waals surface area contributed by atoms with Crippen LogP contribution in [0.15, 0.2) is 48.5 Å². The van der Waals surface area contributed by atoms with Gasteiger partial charge in [0.05, 0.1) is 6.54 Å². The normalized spacial score (nSPS) is 14.9. The molecule has 0 bridgehead atoms. The number of hydrogen-bond donors (Lipinski definition) is 0. The third-order valence-electron chi connectivity index (χ3n) is 4.47. The van der Waals surface area contributed by atoms with Crippen LogP contribution in [-0.4, -0.2) is 48.3 Å². The second-order valence-electron chi connectivity index (χ2n) is 6.52. The molecular formula is C20H24Cl2F2N2O. The van der Waals surface area contributed by atoms with Gasteiger partial charge in [-0.1, -0.05) is 24.3 Å². The highest BCUT2D eigenvalue weighted by Gasteiger charge is 2.19. The zero-order valence-electron chi connectivity index (χ0n) is 14.9. The van der Waals surface area contributed by atoms with Crippen LogP contribution in [0.4, 0.5) is 8.78 Å². The van der Waals surface area contributed by atoms with E-state index >= 15 is 0 Å². The highest BCUT2D eigenvalue weighted by atomic mass is 35.5. The van der Waals surface area contributed by atoms with Crippen molar-refractivity contribution in [3.05, 3.63) is 71.3 Å². The SMILES string of the molecule is Cl.Cl.O=C(Cc1cccc(F)c1)CN1CCN(Cc2ccc(F)cc2)CC1. The fraction of sp³-hybridized carbons (Fsp3) is 0.350. The monoisotopic (exact) mass is 416 g/mol. The molecule has 3 nitrogen and oxygen atoms in total. The van der Waals surface area contributed by atoms with Crippen LogP contribution in [-0.2, 0) is 17.8 Å². The number of carbonyl (C=O) groups is 1. The first-order valence-corrected chi connectivity index (χ1v) is 8.54. The van der Waals surface area contributed by atoms with Crippen molar-refractivity contribution in [2.45, 2.75) is 13.0 Å². The Labute approximate surface area is 171 Å². The molecule has 1 saturated heterocycles. The van der Waals surface area contributed by atoms with E-state index in [1.165, 1.54) is 24.3 Å². The van der Waals surface area contributed by atoms with Crippen molar-refractivity contribution in [1.29, 1.82) is 0 Å². The number of hydrogen-bond acceptors (Lipinski definition) is 3. The van der Waals surface area contributed by atoms with Gasteiger partial charge < -0.3 is 0 Å². The molecule has 1 heterocycles. The lowest BCUT2D eigenvalue weighted by Gasteiger charge is -2.34. The van der Waals surface area contributed by atoms with Gasteiger partial charge in [-0.2, -0.15) is 0 Å². The number of nitrogens with zero attached hydrogens (tertiary/aromatic N) is 2. The molecule has 0 unspecified atom stereocenters. The standard InChI is InChI=1S/C20H22F2N2O.2ClH/c21-18-6-4-16(5-7-18)14-23-8-10-24(11-9-23)15-20(25)13-17-2-1-3-19(22)12-17;;/h1-7,12H,8-11,13-15H2;2*1H. The molecule has 0 atom stereocenters. The molecule has 0 spiro atoms. The Morgan fingerprint density at radius 3 is 2.07 bits per heavy atom. The summed E-state index contributed by atoms with van der Waals surface area (Å²) in [5.74, 6) is -0.414. The van der Waals surface area contributed by atoms with Crippen molar-refractivity contribution >= 4 is 30.6 Å². The number of ketones is 1. The number of carbonyl (C=O) groups excluding carboxylic acids is 1. The Balaban J connectivity index is 0.00000182. The number of halogens is 4. The lowest BCUT2D eigenvalue weighted by molar-refractivity contribution is -0.120. The third-order valence-corrected chi connectivity index (χ3v) is 4.47. The van der Waals surface area contributed by atoms with Gasteiger partial charge in [0.25, 0.3) is 0 Å². The average molecular weight is 417 g/mol. The maximum atomic E-state index is 13.2. The van der Waals surface area contributed by atoms with Crippen LogP contribution in [0.1, 0.15) is 11.1 Å². The van der Waals surface area contributed by atoms with E-state index in [-0.39, 0.29) is 48.7 Å². The Kier molecular flexibility index (Phi) is 9.88. The van der Waals surface area contributed by atoms with E-state index in [0.29, 0.717) is 6.54 Å². The minimum atomic E-state index is -0.306. The van der Waals surface area contributed by atoms with Gasteiger partial charge in [0.15, 0.2) is 5.78 Å². The van der Waals surface area contributed by atoms with Gasteiger partial charge in [-0.15, -0.1) is 24.8 Å². The molecule has 0 amide bonds. The zero-order valence-corrected chi connectivity index (χ0v) is 16.6. The van der Waals surface area contributed by atoms with E-state index in [9.17, 15) is 13.6 Å². The fourth-order valence-corrected chi connectivity index (χ4v) is 3.13. The van der Waals surface area contributed by atoms with Crippen molar-refractivity contribution in [3.8, 4) is 0 Å². The predicted octanol–water partition coefficient (Wildman–Crippen LogP) is 3.74. The van der Waals surface area contributed by atoms with Crippen LogP contribution < -0.4 is 0 Å². The van der Waals surface area contributed by atoms with Gasteiger partial charge in [-0.25, -0.2) is 8.78 Å². The van der Waals surface area contributed by atoms with Crippen molar-refractivity contribution in [2.75, 3.05) is 32.7 Å². The Morgan fingerprint density at radius 2 is 1.44 bits per heavy atom. The lowest BCUT2D eigenvalue weighted by Crippen LogP contribution is -2.47. The van der Waals surface area contributed by atoms with Crippen LogP contribution in [0.3, 0.4) is 0 Å². The topological polar surface area (TPSA) is 23.6 Å². The summed E-state index contributed by atoms with van der Waals surface area (Å²) >= 11 is 0. The van der Waals surface area contributed by atoms with Crippen LogP contribution in [0.2, 0.25) is 0 Å². The van der Waals surface area contributed by atoms with Gasteiger partial charge in [0.1, 0.15) is 11.6 Å². The first kappa shape index (κ1) is 23.5.